The number of carbonyl (C=O) groups is 1. The number of para-hydroxylation sites is 1. The van der Waals surface area contributed by atoms with Gasteiger partial charge in [-0.3, -0.25) is 4.79 Å². The van der Waals surface area contributed by atoms with Crippen LogP contribution in [0.25, 0.3) is 22.6 Å². The average Bonchev–Trinajstić information content (AvgIpc) is 3.29. The second-order valence-electron chi connectivity index (χ2n) is 6.84. The smallest absolute Gasteiger partial charge is 0.250 e. The molecule has 0 saturated carbocycles. The minimum atomic E-state index is -0.466. The van der Waals surface area contributed by atoms with Crippen molar-refractivity contribution < 1.29 is 4.79 Å². The molecule has 0 spiro atoms. The van der Waals surface area contributed by atoms with Gasteiger partial charge in [-0.25, -0.2) is 9.97 Å². The van der Waals surface area contributed by atoms with E-state index in [9.17, 15) is 4.79 Å². The summed E-state index contributed by atoms with van der Waals surface area (Å²) < 4.78 is 0. The van der Waals surface area contributed by atoms with E-state index in [-0.39, 0.29) is 0 Å². The largest absolute Gasteiger partial charge is 0.366 e. The van der Waals surface area contributed by atoms with E-state index >= 15 is 0 Å². The van der Waals surface area contributed by atoms with Crippen molar-refractivity contribution in [2.45, 2.75) is 32.1 Å². The Kier molecular flexibility index (Phi) is 4.74. The molecule has 2 aromatic heterocycles. The summed E-state index contributed by atoms with van der Waals surface area (Å²) >= 11 is 1.70. The van der Waals surface area contributed by atoms with Crippen molar-refractivity contribution in [3.63, 3.8) is 0 Å². The third kappa shape index (κ3) is 3.24. The molecule has 0 unspecified atom stereocenters. The lowest BCUT2D eigenvalue weighted by Crippen LogP contribution is -2.33. The predicted octanol–water partition coefficient (Wildman–Crippen LogP) is 3.37. The van der Waals surface area contributed by atoms with E-state index in [4.69, 9.17) is 10.7 Å². The van der Waals surface area contributed by atoms with Crippen LogP contribution in [0.1, 0.15) is 47.5 Å². The van der Waals surface area contributed by atoms with Crippen LogP contribution in [-0.4, -0.2) is 45.4 Å². The fraction of sp³-hybridized carbons (Fsp3) is 0.421. The molecule has 1 aromatic carbocycles. The summed E-state index contributed by atoms with van der Waals surface area (Å²) in [5.74, 6) is 0.762. The van der Waals surface area contributed by atoms with Crippen molar-refractivity contribution in [3.8, 4) is 11.5 Å². The number of hydrogen-bond donors (Lipinski definition) is 2. The molecule has 3 aromatic rings. The van der Waals surface area contributed by atoms with E-state index in [2.05, 4.69) is 27.2 Å². The van der Waals surface area contributed by atoms with Crippen molar-refractivity contribution in [3.05, 3.63) is 34.2 Å². The summed E-state index contributed by atoms with van der Waals surface area (Å²) in [4.78, 5) is 26.8. The standard InChI is InChI=1S/C19H23N5OS/c1-2-8-24-9-6-12(7-10-24)19-22-15(11-26-19)18-21-14-5-3-4-13(17(20)25)16(14)23-18/h3-5,11-12H,2,6-10H2,1H3,(H2,20,25)(H,21,23). The Morgan fingerprint density at radius 1 is 1.35 bits per heavy atom. The van der Waals surface area contributed by atoms with Crippen LogP contribution in [0, 0.1) is 0 Å². The maximum atomic E-state index is 11.6. The van der Waals surface area contributed by atoms with E-state index in [1.807, 2.05) is 6.07 Å². The summed E-state index contributed by atoms with van der Waals surface area (Å²) in [6.07, 6.45) is 3.54. The van der Waals surface area contributed by atoms with Crippen LogP contribution in [0.5, 0.6) is 0 Å². The highest BCUT2D eigenvalue weighted by Crippen LogP contribution is 2.33. The number of likely N-dealkylation sites (tertiary alicyclic amines) is 1. The van der Waals surface area contributed by atoms with E-state index in [1.54, 1.807) is 23.5 Å². The number of piperidine rings is 1. The van der Waals surface area contributed by atoms with Crippen LogP contribution in [0.3, 0.4) is 0 Å². The fourth-order valence-electron chi connectivity index (χ4n) is 3.66. The molecule has 0 bridgehead atoms. The first-order valence-corrected chi connectivity index (χ1v) is 10.0. The second-order valence-corrected chi connectivity index (χ2v) is 7.73. The van der Waals surface area contributed by atoms with E-state index < -0.39 is 5.91 Å². The summed E-state index contributed by atoms with van der Waals surface area (Å²) in [5, 5.41) is 3.24. The summed E-state index contributed by atoms with van der Waals surface area (Å²) in [7, 11) is 0. The number of benzene rings is 1. The Labute approximate surface area is 156 Å². The Balaban J connectivity index is 1.56. The zero-order valence-electron chi connectivity index (χ0n) is 14.9. The molecule has 0 aliphatic carbocycles. The third-order valence-corrected chi connectivity index (χ3v) is 6.03. The maximum Gasteiger partial charge on any atom is 0.250 e. The average molecular weight is 369 g/mol. The lowest BCUT2D eigenvalue weighted by molar-refractivity contribution is 0.100. The highest BCUT2D eigenvalue weighted by atomic mass is 32.1. The molecular weight excluding hydrogens is 346 g/mol. The number of fused-ring (bicyclic) bond motifs is 1. The highest BCUT2D eigenvalue weighted by Gasteiger charge is 2.23. The van der Waals surface area contributed by atoms with Gasteiger partial charge in [0.1, 0.15) is 11.2 Å². The van der Waals surface area contributed by atoms with Crippen molar-refractivity contribution in [2.75, 3.05) is 19.6 Å². The number of thiazole rings is 1. The van der Waals surface area contributed by atoms with Gasteiger partial charge in [0.05, 0.1) is 16.1 Å². The van der Waals surface area contributed by atoms with Gasteiger partial charge in [-0.15, -0.1) is 11.3 Å². The van der Waals surface area contributed by atoms with Gasteiger partial charge in [0.25, 0.3) is 5.91 Å². The van der Waals surface area contributed by atoms with Gasteiger partial charge in [0.2, 0.25) is 0 Å². The predicted molar refractivity (Wildman–Crippen MR) is 104 cm³/mol. The topological polar surface area (TPSA) is 87.9 Å². The van der Waals surface area contributed by atoms with Gasteiger partial charge in [0.15, 0.2) is 5.82 Å². The third-order valence-electron chi connectivity index (χ3n) is 5.02. The number of aromatic nitrogens is 3. The Morgan fingerprint density at radius 2 is 2.15 bits per heavy atom. The molecule has 7 heteroatoms. The molecule has 136 valence electrons. The molecule has 3 heterocycles. The first-order valence-electron chi connectivity index (χ1n) is 9.12. The molecule has 4 rings (SSSR count). The quantitative estimate of drug-likeness (QED) is 0.722. The molecule has 1 aliphatic heterocycles. The minimum absolute atomic E-state index is 0.434. The highest BCUT2D eigenvalue weighted by molar-refractivity contribution is 7.10. The van der Waals surface area contributed by atoms with Gasteiger partial charge in [0, 0.05) is 11.3 Å². The fourth-order valence-corrected chi connectivity index (χ4v) is 4.63. The van der Waals surface area contributed by atoms with Crippen LogP contribution in [-0.2, 0) is 0 Å². The van der Waals surface area contributed by atoms with Crippen molar-refractivity contribution in [1.29, 1.82) is 0 Å². The molecule has 6 nitrogen and oxygen atoms in total. The number of nitrogens with zero attached hydrogens (tertiary/aromatic N) is 3. The first kappa shape index (κ1) is 17.2. The Bertz CT molecular complexity index is 923. The van der Waals surface area contributed by atoms with Crippen molar-refractivity contribution in [1.82, 2.24) is 19.9 Å². The van der Waals surface area contributed by atoms with E-state index in [1.165, 1.54) is 30.8 Å². The number of aromatic amines is 1. The van der Waals surface area contributed by atoms with Crippen LogP contribution in [0.2, 0.25) is 0 Å². The zero-order chi connectivity index (χ0) is 18.1. The lowest BCUT2D eigenvalue weighted by atomic mass is 9.97. The molecule has 26 heavy (non-hydrogen) atoms. The molecule has 1 aliphatic rings. The number of H-pyrrole nitrogens is 1. The number of rotatable bonds is 5. The number of imidazole rings is 1. The Hall–Kier alpha value is -2.25. The maximum absolute atomic E-state index is 11.6. The Morgan fingerprint density at radius 3 is 2.88 bits per heavy atom. The number of amides is 1. The molecule has 0 atom stereocenters. The van der Waals surface area contributed by atoms with Crippen molar-refractivity contribution >= 4 is 28.3 Å². The van der Waals surface area contributed by atoms with Crippen molar-refractivity contribution in [2.24, 2.45) is 5.73 Å². The molecule has 1 saturated heterocycles. The normalized spacial score (nSPS) is 16.3. The summed E-state index contributed by atoms with van der Waals surface area (Å²) in [5.41, 5.74) is 8.14. The summed E-state index contributed by atoms with van der Waals surface area (Å²) in [6, 6.07) is 5.40. The van der Waals surface area contributed by atoms with Gasteiger partial charge in [-0.1, -0.05) is 13.0 Å². The molecule has 1 amide bonds. The number of primary amides is 1. The zero-order valence-corrected chi connectivity index (χ0v) is 15.7. The number of carbonyl (C=O) groups excluding carboxylic acids is 1. The molecule has 1 fully saturated rings. The number of nitrogens with one attached hydrogen (secondary N) is 1. The SMILES string of the molecule is CCCN1CCC(c2nc(-c3nc4c(C(N)=O)cccc4[nH]3)cs2)CC1. The van der Waals surface area contributed by atoms with Gasteiger partial charge >= 0.3 is 0 Å². The molecule has 0 radical (unpaired) electrons. The van der Waals surface area contributed by atoms with E-state index in [0.29, 0.717) is 22.8 Å². The van der Waals surface area contributed by atoms with E-state index in [0.717, 1.165) is 24.3 Å². The van der Waals surface area contributed by atoms with Crippen LogP contribution in [0.15, 0.2) is 23.6 Å². The minimum Gasteiger partial charge on any atom is -0.366 e. The van der Waals surface area contributed by atoms with Gasteiger partial charge < -0.3 is 15.6 Å². The van der Waals surface area contributed by atoms with Gasteiger partial charge in [-0.2, -0.15) is 0 Å². The second kappa shape index (κ2) is 7.17. The van der Waals surface area contributed by atoms with Crippen LogP contribution < -0.4 is 5.73 Å². The monoisotopic (exact) mass is 369 g/mol. The molecule has 3 N–H and O–H groups in total. The first-order chi connectivity index (χ1) is 12.7. The summed E-state index contributed by atoms with van der Waals surface area (Å²) in [6.45, 7) is 5.73. The molecular formula is C19H23N5OS. The number of hydrogen-bond acceptors (Lipinski definition) is 5. The van der Waals surface area contributed by atoms with Crippen LogP contribution in [0.4, 0.5) is 0 Å². The number of nitrogens with two attached hydrogens (primary N) is 1. The lowest BCUT2D eigenvalue weighted by Gasteiger charge is -2.30. The van der Waals surface area contributed by atoms with Crippen LogP contribution >= 0.6 is 11.3 Å². The van der Waals surface area contributed by atoms with Gasteiger partial charge in [-0.05, 0) is 51.0 Å².